The first-order valence-electron chi connectivity index (χ1n) is 48.3. The van der Waals surface area contributed by atoms with E-state index in [1.165, 1.54) is 63.4 Å². The van der Waals surface area contributed by atoms with Gasteiger partial charge in [-0.2, -0.15) is 0 Å². The van der Waals surface area contributed by atoms with Gasteiger partial charge in [0.2, 0.25) is 0 Å². The minimum atomic E-state index is -1.86. The highest BCUT2D eigenvalue weighted by Gasteiger charge is 2.75. The van der Waals surface area contributed by atoms with Crippen LogP contribution in [0.4, 0.5) is 0 Å². The van der Waals surface area contributed by atoms with Gasteiger partial charge in [-0.25, -0.2) is 0 Å². The number of carbonyl (C=O) groups excluding carboxylic acids is 1. The maximum Gasteiger partial charge on any atom is 0.192 e. The number of aliphatic hydroxyl groups excluding tert-OH is 4. The largest absolute Gasteiger partial charge is 0.414 e. The van der Waals surface area contributed by atoms with Crippen LogP contribution in [0.25, 0.3) is 0 Å². The van der Waals surface area contributed by atoms with Crippen molar-refractivity contribution in [3.63, 3.8) is 0 Å². The maximum absolute atomic E-state index is 12.7. The molecule has 0 bridgehead atoms. The second-order valence-electron chi connectivity index (χ2n) is 48.1. The summed E-state index contributed by atoms with van der Waals surface area (Å²) in [6, 6.07) is 0. The molecule has 2 heterocycles. The third-order valence-electron chi connectivity index (χ3n) is 42.1. The Morgan fingerprint density at radius 2 is 0.669 bits per heavy atom. The molecule has 17 nitrogen and oxygen atoms in total. The lowest BCUT2D eigenvalue weighted by Crippen LogP contribution is -2.66. The SMILES string of the molecule is C=C1CCC2C3C(OC)[C@H](OC)C4C[C@@H](O)CC[C@]4(C)C3CC[C@]12C.CC(C)(C)[Si](C)(C)O[C@H]1CC[C@]2(C)C3CC[C@@]4(C)C(CCC45OCCO5)C3[C@@H](O)[C@H](O)C2C1.COC1C2C(CC[C@@]3(C)C2CCC32OCCO2)[C@@]2(C)CC[C@H](O[Si](C)(C)C(C)(C)C)CC2[C@H]1OC.COC1C2C(CC[C@]3(C)C(=O)CCC23)[C@@]2(C)CC[C@H](O)CC2[C@H]1OC. The lowest BCUT2D eigenvalue weighted by Gasteiger charge is -2.65. The summed E-state index contributed by atoms with van der Waals surface area (Å²) in [6.45, 7) is 50.0. The summed E-state index contributed by atoms with van der Waals surface area (Å²) in [4.78, 5) is 12.7. The molecule has 16 saturated carbocycles. The van der Waals surface area contributed by atoms with Crippen molar-refractivity contribution in [2.24, 2.45) is 138 Å². The zero-order chi connectivity index (χ0) is 85.4. The molecular formula is C99H170O17Si2. The summed E-state index contributed by atoms with van der Waals surface area (Å²) in [6.07, 6.45) is 29.2. The molecule has 4 N–H and O–H groups in total. The zero-order valence-electron chi connectivity index (χ0n) is 78.6. The van der Waals surface area contributed by atoms with Gasteiger partial charge in [0.25, 0.3) is 0 Å². The van der Waals surface area contributed by atoms with E-state index in [0.29, 0.717) is 108 Å². The Balaban J connectivity index is 0.000000124. The van der Waals surface area contributed by atoms with Gasteiger partial charge >= 0.3 is 0 Å². The zero-order valence-corrected chi connectivity index (χ0v) is 80.6. The first-order chi connectivity index (χ1) is 55.3. The lowest BCUT2D eigenvalue weighted by molar-refractivity contribution is -0.274. The van der Waals surface area contributed by atoms with Crippen LogP contribution in [0.5, 0.6) is 0 Å². The molecule has 16 aliphatic carbocycles. The number of hydrogen-bond acceptors (Lipinski definition) is 17. The predicted octanol–water partition coefficient (Wildman–Crippen LogP) is 18.9. The third-order valence-corrected chi connectivity index (χ3v) is 51.2. The summed E-state index contributed by atoms with van der Waals surface area (Å²) in [5, 5.41) is 44.2. The Bertz CT molecular complexity index is 3440. The summed E-state index contributed by atoms with van der Waals surface area (Å²) in [5.41, 5.74) is 2.36. The van der Waals surface area contributed by atoms with E-state index in [1.54, 1.807) is 14.2 Å². The van der Waals surface area contributed by atoms with E-state index >= 15 is 0 Å². The van der Waals surface area contributed by atoms with Crippen LogP contribution < -0.4 is 0 Å². The minimum absolute atomic E-state index is 0.0178. The molecule has 18 fully saturated rings. The van der Waals surface area contributed by atoms with Gasteiger partial charge in [0.05, 0.1) is 87.5 Å². The molecule has 0 radical (unpaired) electrons. The molecule has 676 valence electrons. The van der Waals surface area contributed by atoms with Gasteiger partial charge < -0.3 is 76.6 Å². The summed E-state index contributed by atoms with van der Waals surface area (Å²) >= 11 is 0. The van der Waals surface area contributed by atoms with Crippen LogP contribution in [0.1, 0.15) is 277 Å². The smallest absolute Gasteiger partial charge is 0.192 e. The first kappa shape index (κ1) is 91.9. The lowest BCUT2D eigenvalue weighted by atomic mass is 9.43. The van der Waals surface area contributed by atoms with Crippen molar-refractivity contribution >= 4 is 22.4 Å². The first-order valence-corrected chi connectivity index (χ1v) is 54.2. The van der Waals surface area contributed by atoms with Crippen LogP contribution in [-0.4, -0.2) is 197 Å². The van der Waals surface area contributed by atoms with Crippen LogP contribution in [0.15, 0.2) is 12.2 Å². The van der Waals surface area contributed by atoms with Gasteiger partial charge in [0.15, 0.2) is 28.2 Å². The molecular weight excluding hydrogens is 1520 g/mol. The fourth-order valence-electron chi connectivity index (χ4n) is 33.4. The van der Waals surface area contributed by atoms with E-state index in [0.717, 1.165) is 135 Å². The minimum Gasteiger partial charge on any atom is -0.414 e. The average molecular weight is 1690 g/mol. The molecule has 0 amide bonds. The van der Waals surface area contributed by atoms with Crippen LogP contribution >= 0.6 is 0 Å². The Morgan fingerprint density at radius 3 is 1.08 bits per heavy atom. The van der Waals surface area contributed by atoms with E-state index in [2.05, 4.69) is 130 Å². The van der Waals surface area contributed by atoms with Gasteiger partial charge in [-0.1, -0.05) is 109 Å². The Hall–Kier alpha value is -0.796. The molecule has 2 spiro atoms. The Kier molecular flexibility index (Phi) is 25.5. The number of allylic oxidation sites excluding steroid dienone is 1. The molecule has 0 aromatic carbocycles. The standard InChI is InChI=1S/C29H52O5Si.C27H48O5Si.C22H36O3.C21H34O4/c1-26(2,3)35(8,9)34-19-10-13-27(4)20-11-14-28(5)21(12-15-29(28)32-16-17-33-29)23(20)25(31-7)24(30-6)22(27)18-19;1-24(2,3)33(6,7)32-17-8-11-25(4)18-9-12-26(5)19(10-13-27(26)30-14-15-31-27)21(18)23(29)22(28)20(25)16-17;1-13-6-7-15-18-16(9-11-21(13,15)2)22(3)10-8-14(23)12-17(22)19(24-4)20(18)25-5;1-20-9-7-12(22)11-15(20)18(24-3)19(25-4)17-13-5-6-16(23)21(13,2)10-8-14(17)20/h19-25H,10-18H2,1-9H3;17-23,28-29H,8-16H2,1-7H3;14-20,23H,1,6-12H2,2-5H3;12-15,17-19,22H,5-11H2,1-4H3/t19-,20?,21?,22?,23?,24+,25?,27+,28-;17-,18?,19?,20?,21?,22+,23+,25+,26-;14-,15?,16?,17?,18?,19+,20?,21+,22+;12-,13?,14?,15?,17?,18+,19?,20+,21-/m0000/s1. The van der Waals surface area contributed by atoms with E-state index in [-0.39, 0.29) is 126 Å². The number of ether oxygens (including phenoxy) is 10. The summed E-state index contributed by atoms with van der Waals surface area (Å²) in [7, 11) is 7.46. The monoisotopic (exact) mass is 1690 g/mol. The number of fused-ring (bicyclic) bond motifs is 22. The Morgan fingerprint density at radius 1 is 0.347 bits per heavy atom. The van der Waals surface area contributed by atoms with E-state index < -0.39 is 34.6 Å². The maximum atomic E-state index is 12.7. The summed E-state index contributed by atoms with van der Waals surface area (Å²) < 4.78 is 76.2. The molecule has 36 atom stereocenters. The number of ketones is 1. The van der Waals surface area contributed by atoms with Crippen molar-refractivity contribution in [1.29, 1.82) is 0 Å². The fraction of sp³-hybridized carbons (Fsp3) is 0.970. The highest BCUT2D eigenvalue weighted by atomic mass is 28.4. The molecule has 0 aromatic rings. The van der Waals surface area contributed by atoms with Gasteiger partial charge in [0, 0.05) is 90.4 Å². The van der Waals surface area contributed by atoms with Crippen LogP contribution in [0.2, 0.25) is 36.3 Å². The van der Waals surface area contributed by atoms with E-state index in [9.17, 15) is 25.2 Å². The molecule has 18 aliphatic rings. The normalized spacial score (nSPS) is 51.4. The van der Waals surface area contributed by atoms with Crippen molar-refractivity contribution in [2.45, 2.75) is 398 Å². The topological polar surface area (TPSA) is 209 Å². The second-order valence-corrected chi connectivity index (χ2v) is 57.6. The van der Waals surface area contributed by atoms with Gasteiger partial charge in [0.1, 0.15) is 5.78 Å². The molecule has 2 saturated heterocycles. The molecule has 118 heavy (non-hydrogen) atoms. The van der Waals surface area contributed by atoms with Crippen LogP contribution in [0.3, 0.4) is 0 Å². The fourth-order valence-corrected chi connectivity index (χ4v) is 36.2. The molecule has 19 heteroatoms. The molecule has 19 unspecified atom stereocenters. The predicted molar refractivity (Wildman–Crippen MR) is 466 cm³/mol. The van der Waals surface area contributed by atoms with Crippen molar-refractivity contribution in [2.75, 3.05) is 69.1 Å². The quantitative estimate of drug-likeness (QED) is 0.118. The number of Topliss-reactive ketones (excluding diaryl/α,β-unsaturated/α-hetero) is 1. The second kappa shape index (κ2) is 32.7. The van der Waals surface area contributed by atoms with Crippen LogP contribution in [0, 0.1) is 138 Å². The van der Waals surface area contributed by atoms with Crippen molar-refractivity contribution in [3.05, 3.63) is 12.2 Å². The van der Waals surface area contributed by atoms with Gasteiger partial charge in [-0.15, -0.1) is 0 Å². The summed E-state index contributed by atoms with van der Waals surface area (Å²) in [5.74, 6) is 6.89. The molecule has 2 aliphatic heterocycles. The van der Waals surface area contributed by atoms with Gasteiger partial charge in [-0.3, -0.25) is 4.79 Å². The van der Waals surface area contributed by atoms with Gasteiger partial charge in [-0.05, 0) is 319 Å². The molecule has 0 aromatic heterocycles. The number of methoxy groups -OCH3 is 6. The van der Waals surface area contributed by atoms with Crippen molar-refractivity contribution < 1.29 is 81.4 Å². The number of rotatable bonds is 10. The number of carbonyl (C=O) groups is 1. The number of aliphatic hydroxyl groups is 4. The van der Waals surface area contributed by atoms with Crippen molar-refractivity contribution in [1.82, 2.24) is 0 Å². The van der Waals surface area contributed by atoms with E-state index in [1.807, 2.05) is 28.4 Å². The molecule has 18 rings (SSSR count). The highest BCUT2D eigenvalue weighted by molar-refractivity contribution is 6.74. The highest BCUT2D eigenvalue weighted by Crippen LogP contribution is 2.75. The average Bonchev–Trinajstić information content (AvgIpc) is 1.42. The van der Waals surface area contributed by atoms with E-state index in [4.69, 9.17) is 56.2 Å². The Labute approximate surface area is 716 Å². The van der Waals surface area contributed by atoms with Crippen molar-refractivity contribution in [3.8, 4) is 0 Å². The van der Waals surface area contributed by atoms with Crippen LogP contribution in [-0.2, 0) is 61.0 Å². The number of hydrogen-bond donors (Lipinski definition) is 4. The third kappa shape index (κ3) is 14.2.